The minimum Gasteiger partial charge on any atom is -0.405 e. The van der Waals surface area contributed by atoms with Crippen molar-refractivity contribution in [1.29, 1.82) is 0 Å². The third kappa shape index (κ3) is 3.25. The van der Waals surface area contributed by atoms with Crippen molar-refractivity contribution in [2.75, 3.05) is 6.61 Å². The zero-order valence-electron chi connectivity index (χ0n) is 13.6. The van der Waals surface area contributed by atoms with E-state index in [0.29, 0.717) is 5.92 Å². The van der Waals surface area contributed by atoms with Crippen molar-refractivity contribution in [3.05, 3.63) is 35.9 Å². The van der Waals surface area contributed by atoms with Crippen LogP contribution in [0.3, 0.4) is 0 Å². The van der Waals surface area contributed by atoms with E-state index in [4.69, 9.17) is 9.16 Å². The van der Waals surface area contributed by atoms with Crippen LogP contribution in [0.5, 0.6) is 0 Å². The van der Waals surface area contributed by atoms with Crippen LogP contribution < -0.4 is 0 Å². The van der Waals surface area contributed by atoms with Crippen LogP contribution in [0.2, 0.25) is 19.6 Å². The number of hydrogen-bond donors (Lipinski definition) is 0. The molecule has 1 aliphatic heterocycles. The average Bonchev–Trinajstić information content (AvgIpc) is 3.31. The standard InChI is InChI=1S/C18H28O2Si/c1-21(2,3)20-18(17-14-19-17,15-10-6-4-7-11-15)16-12-8-5-9-13-16/h4,6-7,10-11,16-17H,5,8-9,12-14H2,1-3H3/t17-,18+/m1/s1. The van der Waals surface area contributed by atoms with Crippen molar-refractivity contribution in [2.45, 2.75) is 63.5 Å². The number of benzene rings is 1. The Morgan fingerprint density at radius 1 is 1.05 bits per heavy atom. The van der Waals surface area contributed by atoms with Gasteiger partial charge in [-0.15, -0.1) is 0 Å². The Morgan fingerprint density at radius 3 is 2.19 bits per heavy atom. The van der Waals surface area contributed by atoms with Gasteiger partial charge in [0.05, 0.1) is 6.61 Å². The van der Waals surface area contributed by atoms with E-state index < -0.39 is 8.32 Å². The van der Waals surface area contributed by atoms with Gasteiger partial charge in [0.1, 0.15) is 11.7 Å². The van der Waals surface area contributed by atoms with Gasteiger partial charge < -0.3 is 9.16 Å². The Morgan fingerprint density at radius 2 is 1.67 bits per heavy atom. The first-order chi connectivity index (χ1) is 10.0. The lowest BCUT2D eigenvalue weighted by atomic mass is 9.72. The summed E-state index contributed by atoms with van der Waals surface area (Å²) in [6.45, 7) is 7.76. The van der Waals surface area contributed by atoms with Crippen LogP contribution in [-0.4, -0.2) is 21.0 Å². The second-order valence-electron chi connectivity index (χ2n) is 7.53. The smallest absolute Gasteiger partial charge is 0.185 e. The van der Waals surface area contributed by atoms with Crippen LogP contribution in [0.25, 0.3) is 0 Å². The summed E-state index contributed by atoms with van der Waals surface area (Å²) in [4.78, 5) is 0. The van der Waals surface area contributed by atoms with E-state index in [2.05, 4.69) is 50.0 Å². The molecule has 0 radical (unpaired) electrons. The molecule has 0 unspecified atom stereocenters. The van der Waals surface area contributed by atoms with Gasteiger partial charge in [0, 0.05) is 0 Å². The Hall–Kier alpha value is -0.643. The molecule has 3 rings (SSSR count). The molecule has 1 aromatic rings. The van der Waals surface area contributed by atoms with E-state index in [1.165, 1.54) is 37.7 Å². The van der Waals surface area contributed by atoms with Gasteiger partial charge in [-0.05, 0) is 44.0 Å². The van der Waals surface area contributed by atoms with Gasteiger partial charge in [0.25, 0.3) is 0 Å². The molecule has 2 atom stereocenters. The van der Waals surface area contributed by atoms with Crippen molar-refractivity contribution < 1.29 is 9.16 Å². The Labute approximate surface area is 130 Å². The van der Waals surface area contributed by atoms with E-state index in [1.54, 1.807) is 0 Å². The van der Waals surface area contributed by atoms with Crippen molar-refractivity contribution in [1.82, 2.24) is 0 Å². The zero-order valence-corrected chi connectivity index (χ0v) is 14.6. The lowest BCUT2D eigenvalue weighted by Crippen LogP contribution is -2.50. The average molecular weight is 305 g/mol. The first-order valence-corrected chi connectivity index (χ1v) is 11.8. The summed E-state index contributed by atoms with van der Waals surface area (Å²) in [6.07, 6.45) is 6.86. The first-order valence-electron chi connectivity index (χ1n) is 8.40. The quantitative estimate of drug-likeness (QED) is 0.580. The van der Waals surface area contributed by atoms with E-state index in [0.717, 1.165) is 6.61 Å². The first kappa shape index (κ1) is 15.3. The van der Waals surface area contributed by atoms with Gasteiger partial charge in [-0.1, -0.05) is 49.6 Å². The predicted molar refractivity (Wildman–Crippen MR) is 88.9 cm³/mol. The lowest BCUT2D eigenvalue weighted by molar-refractivity contribution is -0.0438. The molecule has 1 saturated heterocycles. The van der Waals surface area contributed by atoms with Gasteiger partial charge in [0.2, 0.25) is 0 Å². The third-order valence-electron chi connectivity index (χ3n) is 4.72. The second kappa shape index (κ2) is 5.86. The lowest BCUT2D eigenvalue weighted by Gasteiger charge is -2.46. The Bertz CT molecular complexity index is 458. The van der Waals surface area contributed by atoms with Gasteiger partial charge in [-0.25, -0.2) is 0 Å². The largest absolute Gasteiger partial charge is 0.405 e. The summed E-state index contributed by atoms with van der Waals surface area (Å²) in [5.74, 6) is 0.605. The SMILES string of the molecule is C[Si](C)(C)O[C@@](c1ccccc1)(C1CCCCC1)[C@H]1CO1. The van der Waals surface area contributed by atoms with Crippen LogP contribution >= 0.6 is 0 Å². The molecular weight excluding hydrogens is 276 g/mol. The summed E-state index contributed by atoms with van der Waals surface area (Å²) >= 11 is 0. The Balaban J connectivity index is 2.02. The van der Waals surface area contributed by atoms with Crippen LogP contribution in [0, 0.1) is 5.92 Å². The highest BCUT2D eigenvalue weighted by atomic mass is 28.4. The van der Waals surface area contributed by atoms with Crippen molar-refractivity contribution in [3.63, 3.8) is 0 Å². The fraction of sp³-hybridized carbons (Fsp3) is 0.667. The molecule has 0 spiro atoms. The number of hydrogen-bond acceptors (Lipinski definition) is 2. The molecule has 1 aromatic carbocycles. The maximum Gasteiger partial charge on any atom is 0.185 e. The normalized spacial score (nSPS) is 26.3. The molecule has 0 N–H and O–H groups in total. The van der Waals surface area contributed by atoms with Crippen molar-refractivity contribution in [2.24, 2.45) is 5.92 Å². The molecule has 116 valence electrons. The molecule has 0 amide bonds. The van der Waals surface area contributed by atoms with Crippen LogP contribution in [0.15, 0.2) is 30.3 Å². The number of epoxide rings is 1. The summed E-state index contributed by atoms with van der Waals surface area (Å²) < 4.78 is 12.7. The summed E-state index contributed by atoms with van der Waals surface area (Å²) in [5, 5.41) is 0. The van der Waals surface area contributed by atoms with E-state index in [-0.39, 0.29) is 11.7 Å². The molecule has 1 aliphatic carbocycles. The summed E-state index contributed by atoms with van der Waals surface area (Å²) in [7, 11) is -1.66. The van der Waals surface area contributed by atoms with Crippen LogP contribution in [0.1, 0.15) is 37.7 Å². The highest BCUT2D eigenvalue weighted by Crippen LogP contribution is 2.50. The molecule has 1 saturated carbocycles. The number of rotatable bonds is 5. The Kier molecular flexibility index (Phi) is 4.26. The topological polar surface area (TPSA) is 21.8 Å². The van der Waals surface area contributed by atoms with E-state index in [1.807, 2.05) is 0 Å². The van der Waals surface area contributed by atoms with E-state index >= 15 is 0 Å². The molecule has 1 heterocycles. The molecule has 2 nitrogen and oxygen atoms in total. The maximum absolute atomic E-state index is 6.89. The fourth-order valence-corrected chi connectivity index (χ4v) is 5.35. The summed E-state index contributed by atoms with van der Waals surface area (Å²) in [6, 6.07) is 10.9. The molecule has 21 heavy (non-hydrogen) atoms. The molecule has 0 bridgehead atoms. The van der Waals surface area contributed by atoms with Crippen LogP contribution in [0.4, 0.5) is 0 Å². The van der Waals surface area contributed by atoms with Crippen LogP contribution in [-0.2, 0) is 14.8 Å². The number of ether oxygens (including phenoxy) is 1. The maximum atomic E-state index is 6.89. The fourth-order valence-electron chi connectivity index (χ4n) is 3.92. The van der Waals surface area contributed by atoms with Crippen molar-refractivity contribution in [3.8, 4) is 0 Å². The molecule has 0 aromatic heterocycles. The minimum absolute atomic E-state index is 0.202. The summed E-state index contributed by atoms with van der Waals surface area (Å²) in [5.41, 5.74) is 1.13. The second-order valence-corrected chi connectivity index (χ2v) is 12.0. The van der Waals surface area contributed by atoms with Gasteiger partial charge in [0.15, 0.2) is 8.32 Å². The molecule has 3 heteroatoms. The monoisotopic (exact) mass is 304 g/mol. The zero-order chi connectivity index (χ0) is 14.9. The minimum atomic E-state index is -1.66. The highest BCUT2D eigenvalue weighted by Gasteiger charge is 2.55. The third-order valence-corrected chi connectivity index (χ3v) is 5.67. The molecular formula is C18H28O2Si. The van der Waals surface area contributed by atoms with Gasteiger partial charge in [-0.3, -0.25) is 0 Å². The predicted octanol–water partition coefficient (Wildman–Crippen LogP) is 4.71. The van der Waals surface area contributed by atoms with E-state index in [9.17, 15) is 0 Å². The van der Waals surface area contributed by atoms with Gasteiger partial charge in [-0.2, -0.15) is 0 Å². The van der Waals surface area contributed by atoms with Crippen molar-refractivity contribution >= 4 is 8.32 Å². The van der Waals surface area contributed by atoms with Gasteiger partial charge >= 0.3 is 0 Å². The molecule has 2 aliphatic rings. The molecule has 2 fully saturated rings. The highest BCUT2D eigenvalue weighted by molar-refractivity contribution is 6.69.